The molecule has 0 fully saturated rings. The number of ether oxygens (including phenoxy) is 1. The highest BCUT2D eigenvalue weighted by atomic mass is 35.5. The maximum absolute atomic E-state index is 14.0. The molecule has 0 aliphatic rings. The monoisotopic (exact) mass is 556 g/mol. The van der Waals surface area contributed by atoms with Gasteiger partial charge in [0.2, 0.25) is 5.91 Å². The molecule has 0 saturated heterocycles. The average Bonchev–Trinajstić information content (AvgIpc) is 2.89. The predicted molar refractivity (Wildman–Crippen MR) is 146 cm³/mol. The highest BCUT2D eigenvalue weighted by Crippen LogP contribution is 2.32. The van der Waals surface area contributed by atoms with Crippen LogP contribution in [-0.4, -0.2) is 27.1 Å². The number of nitrogens with zero attached hydrogens (tertiary/aromatic N) is 1. The predicted octanol–water partition coefficient (Wildman–Crippen LogP) is 6.83. The quantitative estimate of drug-likeness (QED) is 0.229. The molecule has 1 amide bonds. The number of hydrogen-bond acceptors (Lipinski definition) is 5. The molecule has 4 aromatic rings. The Morgan fingerprint density at radius 2 is 1.70 bits per heavy atom. The number of anilines is 2. The number of nitrogens with one attached hydrogen (secondary N) is 1. The normalized spacial score (nSPS) is 11.1. The lowest BCUT2D eigenvalue weighted by Crippen LogP contribution is -2.38. The Hall–Kier alpha value is -3.53. The average molecular weight is 557 g/mol. The molecule has 190 valence electrons. The van der Waals surface area contributed by atoms with Gasteiger partial charge in [0, 0.05) is 9.92 Å². The Bertz CT molecular complexity index is 1500. The topological polar surface area (TPSA) is 75.7 Å². The summed E-state index contributed by atoms with van der Waals surface area (Å²) in [6.45, 7) is -0.618. The number of carbonyl (C=O) groups excluding carboxylic acids is 1. The van der Waals surface area contributed by atoms with Crippen LogP contribution in [0.3, 0.4) is 0 Å². The van der Waals surface area contributed by atoms with E-state index in [0.717, 1.165) is 15.3 Å². The number of hydrogen-bond donors (Lipinski definition) is 1. The second-order valence-electron chi connectivity index (χ2n) is 7.77. The fourth-order valence-electron chi connectivity index (χ4n) is 3.45. The lowest BCUT2D eigenvalue weighted by atomic mass is 10.2. The zero-order chi connectivity index (χ0) is 26.4. The van der Waals surface area contributed by atoms with Gasteiger partial charge in [0.05, 0.1) is 16.3 Å². The molecular weight excluding hydrogens is 535 g/mol. The van der Waals surface area contributed by atoms with Crippen LogP contribution in [0.1, 0.15) is 0 Å². The van der Waals surface area contributed by atoms with Gasteiger partial charge in [-0.05, 0) is 79.1 Å². The van der Waals surface area contributed by atoms with E-state index >= 15 is 0 Å². The molecule has 0 spiro atoms. The first-order valence-electron chi connectivity index (χ1n) is 11.0. The Morgan fingerprint density at radius 1 is 0.973 bits per heavy atom. The summed E-state index contributed by atoms with van der Waals surface area (Å²) in [5.41, 5.74) is 0.262. The molecule has 0 heterocycles. The van der Waals surface area contributed by atoms with E-state index in [9.17, 15) is 17.6 Å². The fraction of sp³-hybridized carbons (Fsp3) is 0.0741. The van der Waals surface area contributed by atoms with Gasteiger partial charge in [-0.25, -0.2) is 12.8 Å². The minimum absolute atomic E-state index is 0.0101. The summed E-state index contributed by atoms with van der Waals surface area (Å²) in [6, 6.07) is 25.0. The van der Waals surface area contributed by atoms with E-state index in [0.29, 0.717) is 16.5 Å². The third-order valence-electron chi connectivity index (χ3n) is 5.22. The molecule has 37 heavy (non-hydrogen) atoms. The van der Waals surface area contributed by atoms with E-state index in [1.165, 1.54) is 48.2 Å². The van der Waals surface area contributed by atoms with Crippen molar-refractivity contribution >= 4 is 50.7 Å². The van der Waals surface area contributed by atoms with Crippen molar-refractivity contribution in [2.45, 2.75) is 9.79 Å². The van der Waals surface area contributed by atoms with Gasteiger partial charge < -0.3 is 10.1 Å². The van der Waals surface area contributed by atoms with Crippen LogP contribution in [0, 0.1) is 5.82 Å². The number of para-hydroxylation sites is 1. The Labute approximate surface area is 224 Å². The minimum atomic E-state index is -4.21. The van der Waals surface area contributed by atoms with Gasteiger partial charge >= 0.3 is 0 Å². The van der Waals surface area contributed by atoms with Crippen LogP contribution >= 0.6 is 23.4 Å². The van der Waals surface area contributed by atoms with Crippen molar-refractivity contribution in [1.29, 1.82) is 0 Å². The minimum Gasteiger partial charge on any atom is -0.455 e. The van der Waals surface area contributed by atoms with Crippen molar-refractivity contribution < 1.29 is 22.3 Å². The molecule has 6 nitrogen and oxygen atoms in total. The molecule has 0 bridgehead atoms. The number of carbonyl (C=O) groups is 1. The highest BCUT2D eigenvalue weighted by molar-refractivity contribution is 7.98. The molecule has 0 aromatic heterocycles. The van der Waals surface area contributed by atoms with Gasteiger partial charge in [0.1, 0.15) is 18.1 Å². The molecule has 0 saturated carbocycles. The number of benzene rings is 4. The number of thioether (sulfide) groups is 1. The second-order valence-corrected chi connectivity index (χ2v) is 10.9. The molecule has 0 unspecified atom stereocenters. The van der Waals surface area contributed by atoms with E-state index in [1.54, 1.807) is 48.5 Å². The van der Waals surface area contributed by atoms with Gasteiger partial charge in [-0.15, -0.1) is 11.8 Å². The third kappa shape index (κ3) is 6.62. The van der Waals surface area contributed by atoms with Crippen molar-refractivity contribution in [3.05, 3.63) is 108 Å². The van der Waals surface area contributed by atoms with Crippen LogP contribution in [0.2, 0.25) is 5.02 Å². The fourth-order valence-corrected chi connectivity index (χ4v) is 5.44. The van der Waals surface area contributed by atoms with E-state index in [4.69, 9.17) is 16.3 Å². The summed E-state index contributed by atoms with van der Waals surface area (Å²) in [5.74, 6) is -0.451. The van der Waals surface area contributed by atoms with Crippen LogP contribution < -0.4 is 14.4 Å². The lowest BCUT2D eigenvalue weighted by Gasteiger charge is -2.24. The van der Waals surface area contributed by atoms with Crippen molar-refractivity contribution in [2.75, 3.05) is 22.4 Å². The van der Waals surface area contributed by atoms with Crippen molar-refractivity contribution in [3.8, 4) is 11.5 Å². The summed E-state index contributed by atoms with van der Waals surface area (Å²) >= 11 is 7.61. The Balaban J connectivity index is 1.64. The van der Waals surface area contributed by atoms with Crippen molar-refractivity contribution in [2.24, 2.45) is 0 Å². The zero-order valence-electron chi connectivity index (χ0n) is 19.6. The Morgan fingerprint density at radius 3 is 2.38 bits per heavy atom. The maximum Gasteiger partial charge on any atom is 0.264 e. The molecule has 4 rings (SSSR count). The van der Waals surface area contributed by atoms with Crippen LogP contribution in [-0.2, 0) is 14.8 Å². The highest BCUT2D eigenvalue weighted by Gasteiger charge is 2.28. The first kappa shape index (κ1) is 26.5. The van der Waals surface area contributed by atoms with E-state index < -0.39 is 28.3 Å². The summed E-state index contributed by atoms with van der Waals surface area (Å²) < 4.78 is 47.9. The summed E-state index contributed by atoms with van der Waals surface area (Å²) in [5, 5.41) is 3.02. The second kappa shape index (κ2) is 11.7. The van der Waals surface area contributed by atoms with Gasteiger partial charge in [-0.2, -0.15) is 0 Å². The van der Waals surface area contributed by atoms with Crippen molar-refractivity contribution in [3.63, 3.8) is 0 Å². The maximum atomic E-state index is 14.0. The number of rotatable bonds is 9. The first-order valence-corrected chi connectivity index (χ1v) is 14.1. The molecule has 1 N–H and O–H groups in total. The first-order chi connectivity index (χ1) is 17.8. The SMILES string of the molecule is CSc1ccc(S(=O)(=O)N(CC(=O)Nc2cc(Cl)ccc2Oc2ccccc2)c2cccc(F)c2)cc1. The molecule has 0 radical (unpaired) electrons. The van der Waals surface area contributed by atoms with E-state index in [1.807, 2.05) is 12.3 Å². The zero-order valence-corrected chi connectivity index (χ0v) is 22.0. The summed E-state index contributed by atoms with van der Waals surface area (Å²) in [7, 11) is -4.21. The van der Waals surface area contributed by atoms with Crippen LogP contribution in [0.15, 0.2) is 107 Å². The third-order valence-corrected chi connectivity index (χ3v) is 7.98. The molecule has 0 aliphatic carbocycles. The van der Waals surface area contributed by atoms with Gasteiger partial charge in [0.25, 0.3) is 10.0 Å². The van der Waals surface area contributed by atoms with Crippen LogP contribution in [0.4, 0.5) is 15.8 Å². The molecule has 0 atom stereocenters. The number of amides is 1. The number of halogens is 2. The van der Waals surface area contributed by atoms with Gasteiger partial charge in [-0.1, -0.05) is 35.9 Å². The van der Waals surface area contributed by atoms with E-state index in [2.05, 4.69) is 5.32 Å². The largest absolute Gasteiger partial charge is 0.455 e. The standard InChI is InChI=1S/C27H22ClFN2O4S2/c1-36-23-11-13-24(14-12-23)37(33,34)31(21-7-5-6-20(29)17-21)18-27(32)30-25-16-19(28)10-15-26(25)35-22-8-3-2-4-9-22/h2-17H,18H2,1H3,(H,30,32). The molecule has 4 aromatic carbocycles. The lowest BCUT2D eigenvalue weighted by molar-refractivity contribution is -0.114. The molecule has 10 heteroatoms. The summed E-state index contributed by atoms with van der Waals surface area (Å²) in [6.07, 6.45) is 1.87. The number of sulfonamides is 1. The van der Waals surface area contributed by atoms with Crippen LogP contribution in [0.5, 0.6) is 11.5 Å². The van der Waals surface area contributed by atoms with Crippen molar-refractivity contribution in [1.82, 2.24) is 0 Å². The molecular formula is C27H22ClFN2O4S2. The van der Waals surface area contributed by atoms with E-state index in [-0.39, 0.29) is 16.3 Å². The van der Waals surface area contributed by atoms with Gasteiger partial charge in [0.15, 0.2) is 5.75 Å². The summed E-state index contributed by atoms with van der Waals surface area (Å²) in [4.78, 5) is 14.0. The van der Waals surface area contributed by atoms with Gasteiger partial charge in [-0.3, -0.25) is 9.10 Å². The molecule has 0 aliphatic heterocycles. The Kier molecular flexibility index (Phi) is 8.38. The smallest absolute Gasteiger partial charge is 0.264 e. The van der Waals surface area contributed by atoms with Crippen LogP contribution in [0.25, 0.3) is 0 Å².